The highest BCUT2D eigenvalue weighted by Crippen LogP contribution is 2.29. The normalized spacial score (nSPS) is 10.8. The molecular weight excluding hydrogens is 456 g/mol. The molecule has 192 valence electrons. The monoisotopic (exact) mass is 490 g/mol. The standard InChI is InChI=1S/C24H34N4O7/c1-6-8-12-27(20-21(25)28(11-7-2)24(32)26-22(20)30)19(29)14-34-23(31)16-9-10-17(35-15(3)4)18(13-16)33-5/h9-10,13,15H,6-8,11-12,14,25H2,1-5H3,(H,26,30,32). The molecule has 0 spiro atoms. The van der Waals surface area contributed by atoms with Gasteiger partial charge in [-0.3, -0.25) is 19.1 Å². The zero-order valence-electron chi connectivity index (χ0n) is 20.9. The van der Waals surface area contributed by atoms with E-state index in [2.05, 4.69) is 4.98 Å². The van der Waals surface area contributed by atoms with Gasteiger partial charge in [0.1, 0.15) is 5.82 Å². The van der Waals surface area contributed by atoms with Crippen molar-refractivity contribution in [1.29, 1.82) is 0 Å². The Kier molecular flexibility index (Phi) is 9.92. The fourth-order valence-electron chi connectivity index (χ4n) is 3.40. The zero-order valence-corrected chi connectivity index (χ0v) is 20.9. The first-order valence-corrected chi connectivity index (χ1v) is 11.6. The first kappa shape index (κ1) is 27.5. The van der Waals surface area contributed by atoms with E-state index in [1.54, 1.807) is 6.07 Å². The van der Waals surface area contributed by atoms with Crippen LogP contribution in [0.2, 0.25) is 0 Å². The summed E-state index contributed by atoms with van der Waals surface area (Å²) in [6.45, 7) is 7.33. The van der Waals surface area contributed by atoms with E-state index in [1.807, 2.05) is 27.7 Å². The molecule has 3 N–H and O–H groups in total. The molecule has 0 atom stereocenters. The number of carbonyl (C=O) groups is 2. The SMILES string of the molecule is CCCCN(C(=O)COC(=O)c1ccc(OC(C)C)c(OC)c1)c1c(N)n(CCC)c(=O)[nH]c1=O. The van der Waals surface area contributed by atoms with Crippen molar-refractivity contribution in [2.24, 2.45) is 0 Å². The molecule has 1 aromatic carbocycles. The van der Waals surface area contributed by atoms with Crippen LogP contribution in [0.15, 0.2) is 27.8 Å². The van der Waals surface area contributed by atoms with Crippen LogP contribution in [-0.2, 0) is 16.1 Å². The van der Waals surface area contributed by atoms with Crippen LogP contribution in [0.4, 0.5) is 11.5 Å². The Balaban J connectivity index is 2.27. The predicted molar refractivity (Wildman–Crippen MR) is 132 cm³/mol. The second-order valence-electron chi connectivity index (χ2n) is 8.15. The second kappa shape index (κ2) is 12.6. The van der Waals surface area contributed by atoms with Gasteiger partial charge in [-0.2, -0.15) is 0 Å². The molecule has 0 radical (unpaired) electrons. The summed E-state index contributed by atoms with van der Waals surface area (Å²) in [6.07, 6.45) is 1.82. The number of aromatic amines is 1. The van der Waals surface area contributed by atoms with Crippen molar-refractivity contribution in [3.8, 4) is 11.5 Å². The molecule has 1 heterocycles. The number of nitrogens with one attached hydrogen (secondary N) is 1. The summed E-state index contributed by atoms with van der Waals surface area (Å²) in [5.74, 6) is -0.681. The Morgan fingerprint density at radius 2 is 1.86 bits per heavy atom. The number of aromatic nitrogens is 2. The molecule has 0 aliphatic heterocycles. The molecule has 2 rings (SSSR count). The largest absolute Gasteiger partial charge is 0.493 e. The maximum atomic E-state index is 13.1. The summed E-state index contributed by atoms with van der Waals surface area (Å²) in [5.41, 5.74) is 4.73. The first-order chi connectivity index (χ1) is 16.6. The average Bonchev–Trinajstić information content (AvgIpc) is 2.81. The Labute approximate surface area is 203 Å². The number of methoxy groups -OCH3 is 1. The second-order valence-corrected chi connectivity index (χ2v) is 8.15. The number of rotatable bonds is 12. The lowest BCUT2D eigenvalue weighted by Gasteiger charge is -2.24. The molecule has 0 aliphatic carbocycles. The van der Waals surface area contributed by atoms with E-state index in [9.17, 15) is 19.2 Å². The lowest BCUT2D eigenvalue weighted by atomic mass is 10.2. The molecule has 1 amide bonds. The van der Waals surface area contributed by atoms with E-state index in [1.165, 1.54) is 23.8 Å². The Bertz CT molecular complexity index is 1150. The lowest BCUT2D eigenvalue weighted by molar-refractivity contribution is -0.121. The highest BCUT2D eigenvalue weighted by molar-refractivity contribution is 5.98. The molecule has 0 saturated heterocycles. The van der Waals surface area contributed by atoms with E-state index >= 15 is 0 Å². The Hall–Kier alpha value is -3.76. The van der Waals surface area contributed by atoms with Crippen molar-refractivity contribution in [2.75, 3.05) is 30.9 Å². The topological polar surface area (TPSA) is 146 Å². The predicted octanol–water partition coefficient (Wildman–Crippen LogP) is 2.31. The number of nitrogen functional groups attached to an aromatic ring is 1. The van der Waals surface area contributed by atoms with Crippen molar-refractivity contribution < 1.29 is 23.8 Å². The van der Waals surface area contributed by atoms with Crippen molar-refractivity contribution in [3.63, 3.8) is 0 Å². The van der Waals surface area contributed by atoms with Crippen LogP contribution in [0.1, 0.15) is 57.3 Å². The van der Waals surface area contributed by atoms with Crippen LogP contribution >= 0.6 is 0 Å². The highest BCUT2D eigenvalue weighted by Gasteiger charge is 2.25. The number of benzene rings is 1. The van der Waals surface area contributed by atoms with Gasteiger partial charge in [-0.15, -0.1) is 0 Å². The molecule has 0 saturated carbocycles. The maximum absolute atomic E-state index is 13.1. The van der Waals surface area contributed by atoms with Gasteiger partial charge in [0.2, 0.25) is 0 Å². The molecule has 0 unspecified atom stereocenters. The van der Waals surface area contributed by atoms with Gasteiger partial charge in [-0.25, -0.2) is 9.59 Å². The fourth-order valence-corrected chi connectivity index (χ4v) is 3.40. The molecule has 0 aliphatic rings. The molecule has 0 fully saturated rings. The maximum Gasteiger partial charge on any atom is 0.338 e. The third-order valence-electron chi connectivity index (χ3n) is 5.06. The van der Waals surface area contributed by atoms with E-state index in [-0.39, 0.29) is 36.3 Å². The molecule has 1 aromatic heterocycles. The van der Waals surface area contributed by atoms with Gasteiger partial charge in [0.15, 0.2) is 23.8 Å². The van der Waals surface area contributed by atoms with Crippen LogP contribution in [0.5, 0.6) is 11.5 Å². The summed E-state index contributed by atoms with van der Waals surface area (Å²) in [6, 6.07) is 4.55. The number of esters is 1. The van der Waals surface area contributed by atoms with Crippen LogP contribution in [0.25, 0.3) is 0 Å². The summed E-state index contributed by atoms with van der Waals surface area (Å²) in [5, 5.41) is 0. The van der Waals surface area contributed by atoms with Gasteiger partial charge < -0.3 is 24.8 Å². The third kappa shape index (κ3) is 6.87. The van der Waals surface area contributed by atoms with Crippen molar-refractivity contribution in [1.82, 2.24) is 9.55 Å². The minimum absolute atomic E-state index is 0.0873. The fraction of sp³-hybridized carbons (Fsp3) is 0.500. The third-order valence-corrected chi connectivity index (χ3v) is 5.06. The van der Waals surface area contributed by atoms with Gasteiger partial charge in [-0.05, 0) is 44.9 Å². The van der Waals surface area contributed by atoms with Gasteiger partial charge in [0.05, 0.1) is 18.8 Å². The number of nitrogens with zero attached hydrogens (tertiary/aromatic N) is 2. The van der Waals surface area contributed by atoms with E-state index < -0.39 is 29.7 Å². The minimum atomic E-state index is -0.777. The molecule has 11 heteroatoms. The molecular formula is C24H34N4O7. The summed E-state index contributed by atoms with van der Waals surface area (Å²) in [4.78, 5) is 53.8. The minimum Gasteiger partial charge on any atom is -0.493 e. The number of anilines is 2. The Morgan fingerprint density at radius 3 is 2.46 bits per heavy atom. The zero-order chi connectivity index (χ0) is 26.1. The first-order valence-electron chi connectivity index (χ1n) is 11.6. The van der Waals surface area contributed by atoms with Gasteiger partial charge in [0.25, 0.3) is 11.5 Å². The average molecular weight is 491 g/mol. The molecule has 2 aromatic rings. The number of hydrogen-bond acceptors (Lipinski definition) is 8. The summed E-state index contributed by atoms with van der Waals surface area (Å²) in [7, 11) is 1.45. The summed E-state index contributed by atoms with van der Waals surface area (Å²) < 4.78 is 17.4. The number of hydrogen-bond donors (Lipinski definition) is 2. The number of carbonyl (C=O) groups excluding carboxylic acids is 2. The lowest BCUT2D eigenvalue weighted by Crippen LogP contribution is -2.43. The summed E-state index contributed by atoms with van der Waals surface area (Å²) >= 11 is 0. The smallest absolute Gasteiger partial charge is 0.338 e. The van der Waals surface area contributed by atoms with Crippen LogP contribution in [-0.4, -0.2) is 47.8 Å². The van der Waals surface area contributed by atoms with Crippen LogP contribution < -0.4 is 31.4 Å². The molecule has 11 nitrogen and oxygen atoms in total. The van der Waals surface area contributed by atoms with Crippen molar-refractivity contribution in [3.05, 3.63) is 44.6 Å². The molecule has 35 heavy (non-hydrogen) atoms. The van der Waals surface area contributed by atoms with Gasteiger partial charge >= 0.3 is 11.7 Å². The van der Waals surface area contributed by atoms with Crippen molar-refractivity contribution >= 4 is 23.4 Å². The van der Waals surface area contributed by atoms with E-state index in [0.717, 1.165) is 11.3 Å². The van der Waals surface area contributed by atoms with Gasteiger partial charge in [-0.1, -0.05) is 20.3 Å². The highest BCUT2D eigenvalue weighted by atomic mass is 16.5. The van der Waals surface area contributed by atoms with E-state index in [0.29, 0.717) is 24.3 Å². The van der Waals surface area contributed by atoms with Crippen LogP contribution in [0.3, 0.4) is 0 Å². The Morgan fingerprint density at radius 1 is 1.14 bits per heavy atom. The number of H-pyrrole nitrogens is 1. The number of unbranched alkanes of at least 4 members (excludes halogenated alkanes) is 1. The quantitative estimate of drug-likeness (QED) is 0.431. The van der Waals surface area contributed by atoms with Gasteiger partial charge in [0, 0.05) is 13.1 Å². The van der Waals surface area contributed by atoms with Crippen molar-refractivity contribution in [2.45, 2.75) is 59.6 Å². The van der Waals surface area contributed by atoms with E-state index in [4.69, 9.17) is 19.9 Å². The number of nitrogens with two attached hydrogens (primary N) is 1. The molecule has 0 bridgehead atoms. The number of ether oxygens (including phenoxy) is 3. The van der Waals surface area contributed by atoms with Crippen LogP contribution in [0, 0.1) is 0 Å². The number of amides is 1.